The van der Waals surface area contributed by atoms with E-state index in [9.17, 15) is 13.2 Å². The van der Waals surface area contributed by atoms with Gasteiger partial charge in [-0.05, 0) is 37.0 Å². The Kier molecular flexibility index (Phi) is 7.66. The van der Waals surface area contributed by atoms with Crippen molar-refractivity contribution in [1.29, 1.82) is 0 Å². The van der Waals surface area contributed by atoms with Crippen LogP contribution in [0.5, 0.6) is 0 Å². The highest BCUT2D eigenvalue weighted by atomic mass is 32.2. The zero-order valence-electron chi connectivity index (χ0n) is 15.1. The third-order valence-corrected chi connectivity index (χ3v) is 5.95. The maximum Gasteiger partial charge on any atom is 0.236 e. The highest BCUT2D eigenvalue weighted by molar-refractivity contribution is 7.92. The van der Waals surface area contributed by atoms with Crippen LogP contribution in [0.15, 0.2) is 60.7 Å². The van der Waals surface area contributed by atoms with Gasteiger partial charge >= 0.3 is 0 Å². The first-order valence-electron chi connectivity index (χ1n) is 8.81. The number of amides is 1. The van der Waals surface area contributed by atoms with Gasteiger partial charge in [0.2, 0.25) is 15.9 Å². The van der Waals surface area contributed by atoms with Crippen molar-refractivity contribution in [1.82, 2.24) is 5.32 Å². The van der Waals surface area contributed by atoms with E-state index in [-0.39, 0.29) is 18.2 Å². The molecule has 26 heavy (non-hydrogen) atoms. The average molecular weight is 375 g/mol. The van der Waals surface area contributed by atoms with Crippen molar-refractivity contribution in [2.45, 2.75) is 25.7 Å². The van der Waals surface area contributed by atoms with Crippen LogP contribution in [0.2, 0.25) is 0 Å². The summed E-state index contributed by atoms with van der Waals surface area (Å²) in [7, 11) is -1.93. The highest BCUT2D eigenvalue weighted by Gasteiger charge is 2.18. The van der Waals surface area contributed by atoms with Crippen molar-refractivity contribution in [2.75, 3.05) is 23.7 Å². The summed E-state index contributed by atoms with van der Waals surface area (Å²) in [4.78, 5) is 11.9. The first-order valence-corrected chi connectivity index (χ1v) is 10.4. The first kappa shape index (κ1) is 20.0. The molecule has 0 aliphatic carbocycles. The summed E-state index contributed by atoms with van der Waals surface area (Å²) >= 11 is 0. The van der Waals surface area contributed by atoms with E-state index in [1.165, 1.54) is 16.9 Å². The van der Waals surface area contributed by atoms with Crippen molar-refractivity contribution in [3.05, 3.63) is 66.2 Å². The van der Waals surface area contributed by atoms with Crippen LogP contribution in [-0.2, 0) is 21.2 Å². The zero-order valence-corrected chi connectivity index (χ0v) is 15.9. The van der Waals surface area contributed by atoms with Crippen LogP contribution in [0.4, 0.5) is 5.69 Å². The lowest BCUT2D eigenvalue weighted by Crippen LogP contribution is -2.35. The minimum absolute atomic E-state index is 0.101. The summed E-state index contributed by atoms with van der Waals surface area (Å²) in [6.45, 7) is 0.122. The summed E-state index contributed by atoms with van der Waals surface area (Å²) in [6.07, 6.45) is 3.09. The van der Waals surface area contributed by atoms with E-state index >= 15 is 0 Å². The molecule has 0 heterocycles. The summed E-state index contributed by atoms with van der Waals surface area (Å²) in [6, 6.07) is 19.1. The van der Waals surface area contributed by atoms with E-state index in [0.29, 0.717) is 12.1 Å². The number of aryl methyl sites for hydroxylation is 1. The van der Waals surface area contributed by atoms with E-state index in [4.69, 9.17) is 0 Å². The second-order valence-electron chi connectivity index (χ2n) is 6.16. The Bertz CT molecular complexity index is 777. The molecule has 2 rings (SSSR count). The van der Waals surface area contributed by atoms with Gasteiger partial charge in [0.15, 0.2) is 0 Å². The van der Waals surface area contributed by atoms with Crippen molar-refractivity contribution >= 4 is 21.6 Å². The summed E-state index contributed by atoms with van der Waals surface area (Å²) in [5.74, 6) is -0.218. The Labute approximate surface area is 156 Å². The Morgan fingerprint density at radius 1 is 0.962 bits per heavy atom. The number of anilines is 1. The SMILES string of the molecule is CN(c1ccccc1)S(=O)(=O)CCNC(=O)CCCCc1ccccc1. The van der Waals surface area contributed by atoms with Crippen LogP contribution in [-0.4, -0.2) is 33.7 Å². The lowest BCUT2D eigenvalue weighted by molar-refractivity contribution is -0.121. The fourth-order valence-electron chi connectivity index (χ4n) is 2.60. The molecule has 0 unspecified atom stereocenters. The molecule has 0 spiro atoms. The van der Waals surface area contributed by atoms with Crippen LogP contribution >= 0.6 is 0 Å². The number of hydrogen-bond acceptors (Lipinski definition) is 3. The lowest BCUT2D eigenvalue weighted by atomic mass is 10.1. The quantitative estimate of drug-likeness (QED) is 0.650. The van der Waals surface area contributed by atoms with Gasteiger partial charge in [0, 0.05) is 20.0 Å². The third-order valence-electron chi connectivity index (χ3n) is 4.18. The molecule has 2 aromatic rings. The van der Waals surface area contributed by atoms with Crippen molar-refractivity contribution in [2.24, 2.45) is 0 Å². The van der Waals surface area contributed by atoms with Gasteiger partial charge in [-0.1, -0.05) is 48.5 Å². The first-order chi connectivity index (χ1) is 12.5. The molecule has 2 aromatic carbocycles. The van der Waals surface area contributed by atoms with Crippen molar-refractivity contribution in [3.8, 4) is 0 Å². The molecule has 1 N–H and O–H groups in total. The number of carbonyl (C=O) groups is 1. The number of rotatable bonds is 10. The molecular weight excluding hydrogens is 348 g/mol. The smallest absolute Gasteiger partial charge is 0.236 e. The maximum absolute atomic E-state index is 12.3. The van der Waals surface area contributed by atoms with Gasteiger partial charge in [0.25, 0.3) is 0 Å². The molecule has 0 aromatic heterocycles. The molecular formula is C20H26N2O3S. The molecule has 0 fully saturated rings. The summed E-state index contributed by atoms with van der Waals surface area (Å²) in [5, 5.41) is 2.70. The van der Waals surface area contributed by atoms with Crippen molar-refractivity contribution < 1.29 is 13.2 Å². The number of carbonyl (C=O) groups excluding carboxylic acids is 1. The van der Waals surface area contributed by atoms with Crippen LogP contribution < -0.4 is 9.62 Å². The van der Waals surface area contributed by atoms with Gasteiger partial charge in [-0.2, -0.15) is 0 Å². The van der Waals surface area contributed by atoms with E-state index in [0.717, 1.165) is 19.3 Å². The number of benzene rings is 2. The molecule has 0 saturated heterocycles. The number of nitrogens with zero attached hydrogens (tertiary/aromatic N) is 1. The molecule has 6 heteroatoms. The molecule has 5 nitrogen and oxygen atoms in total. The minimum atomic E-state index is -3.45. The summed E-state index contributed by atoms with van der Waals surface area (Å²) in [5.41, 5.74) is 1.88. The Hall–Kier alpha value is -2.34. The standard InChI is InChI=1S/C20H26N2O3S/c1-22(19-13-6-3-7-14-19)26(24,25)17-16-21-20(23)15-9-8-12-18-10-4-2-5-11-18/h2-7,10-11,13-14H,8-9,12,15-17H2,1H3,(H,21,23). The average Bonchev–Trinajstić information content (AvgIpc) is 2.66. The molecule has 0 atom stereocenters. The van der Waals surface area contributed by atoms with E-state index in [1.807, 2.05) is 24.3 Å². The van der Waals surface area contributed by atoms with Crippen LogP contribution in [0.25, 0.3) is 0 Å². The van der Waals surface area contributed by atoms with E-state index in [1.54, 1.807) is 24.3 Å². The number of unbranched alkanes of at least 4 members (excludes halogenated alkanes) is 1. The van der Waals surface area contributed by atoms with Crippen LogP contribution in [0.3, 0.4) is 0 Å². The topological polar surface area (TPSA) is 66.5 Å². The van der Waals surface area contributed by atoms with Crippen molar-refractivity contribution in [3.63, 3.8) is 0 Å². The second kappa shape index (κ2) is 9.97. The highest BCUT2D eigenvalue weighted by Crippen LogP contribution is 2.15. The predicted octanol–water partition coefficient (Wildman–Crippen LogP) is 2.98. The maximum atomic E-state index is 12.3. The minimum Gasteiger partial charge on any atom is -0.355 e. The van der Waals surface area contributed by atoms with Gasteiger partial charge in [-0.25, -0.2) is 8.42 Å². The zero-order chi connectivity index (χ0) is 18.8. The van der Waals surface area contributed by atoms with Gasteiger partial charge in [0.1, 0.15) is 0 Å². The number of hydrogen-bond donors (Lipinski definition) is 1. The van der Waals surface area contributed by atoms with Crippen LogP contribution in [0, 0.1) is 0 Å². The second-order valence-corrected chi connectivity index (χ2v) is 8.28. The summed E-state index contributed by atoms with van der Waals surface area (Å²) < 4.78 is 25.9. The van der Waals surface area contributed by atoms with E-state index < -0.39 is 10.0 Å². The van der Waals surface area contributed by atoms with E-state index in [2.05, 4.69) is 17.4 Å². The van der Waals surface area contributed by atoms with Gasteiger partial charge in [-0.3, -0.25) is 9.10 Å². The van der Waals surface area contributed by atoms with Gasteiger partial charge in [-0.15, -0.1) is 0 Å². The Morgan fingerprint density at radius 2 is 1.58 bits per heavy atom. The van der Waals surface area contributed by atoms with Gasteiger partial charge < -0.3 is 5.32 Å². The predicted molar refractivity (Wildman–Crippen MR) is 106 cm³/mol. The fraction of sp³-hybridized carbons (Fsp3) is 0.350. The molecule has 0 saturated carbocycles. The molecule has 0 aliphatic heterocycles. The number of nitrogens with one attached hydrogen (secondary N) is 1. The number of sulfonamides is 1. The molecule has 0 radical (unpaired) electrons. The Balaban J connectivity index is 1.66. The molecule has 0 bridgehead atoms. The third kappa shape index (κ3) is 6.52. The Morgan fingerprint density at radius 3 is 2.23 bits per heavy atom. The number of para-hydroxylation sites is 1. The normalized spacial score (nSPS) is 11.1. The fourth-order valence-corrected chi connectivity index (χ4v) is 3.68. The molecule has 140 valence electrons. The monoisotopic (exact) mass is 374 g/mol. The molecule has 0 aliphatic rings. The molecule has 1 amide bonds. The largest absolute Gasteiger partial charge is 0.355 e. The lowest BCUT2D eigenvalue weighted by Gasteiger charge is -2.19. The van der Waals surface area contributed by atoms with Crippen LogP contribution in [0.1, 0.15) is 24.8 Å². The van der Waals surface area contributed by atoms with Gasteiger partial charge in [0.05, 0.1) is 11.4 Å².